The summed E-state index contributed by atoms with van der Waals surface area (Å²) in [6.45, 7) is 0.513. The first kappa shape index (κ1) is 26.9. The van der Waals surface area contributed by atoms with E-state index in [1.807, 2.05) is 12.1 Å². The maximum absolute atomic E-state index is 13.7. The number of carbonyl (C=O) groups is 6. The molecule has 4 rings (SSSR count). The zero-order valence-electron chi connectivity index (χ0n) is 20.9. The number of nitrogens with zero attached hydrogens (tertiary/aromatic N) is 3. The maximum atomic E-state index is 13.7. The molecule has 0 fully saturated rings. The summed E-state index contributed by atoms with van der Waals surface area (Å²) in [7, 11) is 0. The number of hydrogen-bond acceptors (Lipinski definition) is 7. The first-order valence-corrected chi connectivity index (χ1v) is 12.0. The molecule has 1 aliphatic rings. The summed E-state index contributed by atoms with van der Waals surface area (Å²) < 4.78 is 0. The van der Waals surface area contributed by atoms with Crippen LogP contribution < -0.4 is 20.4 Å². The fourth-order valence-electron chi connectivity index (χ4n) is 4.30. The summed E-state index contributed by atoms with van der Waals surface area (Å²) in [5.41, 5.74) is 1.21. The lowest BCUT2D eigenvalue weighted by Gasteiger charge is -2.25. The number of carbonyl (C=O) groups excluding carboxylic acids is 5. The second kappa shape index (κ2) is 11.5. The Labute approximate surface area is 222 Å². The number of aromatic nitrogens is 1. The number of aldehydes is 1. The molecule has 0 aliphatic carbocycles. The summed E-state index contributed by atoms with van der Waals surface area (Å²) in [6.07, 6.45) is -0.337. The predicted molar refractivity (Wildman–Crippen MR) is 140 cm³/mol. The average Bonchev–Trinajstić information content (AvgIpc) is 3.02. The maximum Gasteiger partial charge on any atom is 0.305 e. The number of hydrogen-bond donors (Lipinski definition) is 3. The van der Waals surface area contributed by atoms with Gasteiger partial charge in [0.2, 0.25) is 11.8 Å². The van der Waals surface area contributed by atoms with E-state index in [4.69, 9.17) is 5.11 Å². The second-order valence-corrected chi connectivity index (χ2v) is 8.87. The minimum atomic E-state index is -1.30. The molecule has 1 aromatic heterocycles. The van der Waals surface area contributed by atoms with Gasteiger partial charge in [-0.3, -0.25) is 28.9 Å². The zero-order chi connectivity index (χ0) is 28.1. The molecule has 1 aliphatic heterocycles. The lowest BCUT2D eigenvalue weighted by atomic mass is 10.2. The summed E-state index contributed by atoms with van der Waals surface area (Å²) in [5, 5.41) is 14.7. The predicted octanol–water partition coefficient (Wildman–Crippen LogP) is 0.891. The number of anilines is 2. The van der Waals surface area contributed by atoms with E-state index < -0.39 is 54.6 Å². The van der Waals surface area contributed by atoms with Crippen LogP contribution in [0.15, 0.2) is 60.7 Å². The number of rotatable bonds is 8. The highest BCUT2D eigenvalue weighted by Crippen LogP contribution is 2.33. The fraction of sp³-hybridized carbons (Fsp3) is 0.222. The molecule has 2 heterocycles. The van der Waals surface area contributed by atoms with Gasteiger partial charge in [0.1, 0.15) is 24.6 Å². The van der Waals surface area contributed by atoms with Crippen LogP contribution in [-0.2, 0) is 24.0 Å². The van der Waals surface area contributed by atoms with Crippen LogP contribution in [0.1, 0.15) is 23.8 Å². The van der Waals surface area contributed by atoms with Gasteiger partial charge in [0, 0.05) is 12.3 Å². The molecule has 12 heteroatoms. The number of amides is 4. The number of carboxylic acids is 1. The van der Waals surface area contributed by atoms with Gasteiger partial charge in [0.25, 0.3) is 11.8 Å². The Morgan fingerprint density at radius 1 is 1.05 bits per heavy atom. The van der Waals surface area contributed by atoms with E-state index in [1.165, 1.54) is 17.9 Å². The molecule has 0 radical (unpaired) electrons. The largest absolute Gasteiger partial charge is 0.481 e. The molecule has 3 aromatic rings. The molecule has 39 heavy (non-hydrogen) atoms. The highest BCUT2D eigenvalue weighted by Gasteiger charge is 2.37. The fourth-order valence-corrected chi connectivity index (χ4v) is 4.30. The van der Waals surface area contributed by atoms with E-state index in [1.54, 1.807) is 42.5 Å². The van der Waals surface area contributed by atoms with Gasteiger partial charge in [0.15, 0.2) is 0 Å². The van der Waals surface area contributed by atoms with E-state index in [2.05, 4.69) is 15.6 Å². The number of aliphatic carboxylic acids is 1. The minimum absolute atomic E-state index is 0.0597. The highest BCUT2D eigenvalue weighted by molar-refractivity contribution is 6.10. The summed E-state index contributed by atoms with van der Waals surface area (Å²) >= 11 is 0. The number of nitrogens with one attached hydrogen (secondary N) is 2. The van der Waals surface area contributed by atoms with Gasteiger partial charge in [-0.2, -0.15) is 0 Å². The lowest BCUT2D eigenvalue weighted by Crippen LogP contribution is -2.54. The Morgan fingerprint density at radius 3 is 2.44 bits per heavy atom. The van der Waals surface area contributed by atoms with E-state index in [0.717, 1.165) is 10.3 Å². The molecule has 0 saturated carbocycles. The number of pyridine rings is 1. The van der Waals surface area contributed by atoms with Gasteiger partial charge in [-0.05, 0) is 24.3 Å². The van der Waals surface area contributed by atoms with Crippen LogP contribution in [0, 0.1) is 0 Å². The first-order valence-electron chi connectivity index (χ1n) is 12.0. The molecule has 12 nitrogen and oxygen atoms in total. The third kappa shape index (κ3) is 6.06. The van der Waals surface area contributed by atoms with Gasteiger partial charge >= 0.3 is 5.97 Å². The number of fused-ring (bicyclic) bond motifs is 2. The van der Waals surface area contributed by atoms with Crippen molar-refractivity contribution < 1.29 is 33.9 Å². The Hall–Kier alpha value is -5.13. The summed E-state index contributed by atoms with van der Waals surface area (Å²) in [5.74, 6) is -3.82. The van der Waals surface area contributed by atoms with E-state index in [-0.39, 0.29) is 17.9 Å². The van der Waals surface area contributed by atoms with Crippen LogP contribution in [0.2, 0.25) is 0 Å². The number of carboxylic acid groups (broad SMARTS) is 1. The second-order valence-electron chi connectivity index (χ2n) is 8.87. The first-order chi connectivity index (χ1) is 18.7. The molecule has 0 saturated heterocycles. The Morgan fingerprint density at radius 2 is 1.74 bits per heavy atom. The third-order valence-corrected chi connectivity index (χ3v) is 6.12. The summed E-state index contributed by atoms with van der Waals surface area (Å²) in [4.78, 5) is 81.2. The van der Waals surface area contributed by atoms with E-state index >= 15 is 0 Å². The van der Waals surface area contributed by atoms with Crippen LogP contribution in [0.5, 0.6) is 0 Å². The van der Waals surface area contributed by atoms with Gasteiger partial charge < -0.3 is 25.4 Å². The molecule has 2 aromatic carbocycles. The van der Waals surface area contributed by atoms with Crippen LogP contribution >= 0.6 is 0 Å². The zero-order valence-corrected chi connectivity index (χ0v) is 20.9. The standard InChI is InChI=1S/C27H25N5O7/c1-16(34)31-13-21(30-26(38)20-11-10-17-6-2-3-7-19(17)29-20)27(39)32(23-9-5-4-8-22(23)31)14-24(35)28-18(15-33)12-25(36)37/h2-11,15,18,21H,12-14H2,1H3,(H,28,35)(H,30,38)(H,36,37)/t18-,21?/m0/s1. The van der Waals surface area contributed by atoms with Crippen LogP contribution in [-0.4, -0.2) is 71.1 Å². The molecule has 2 atom stereocenters. The van der Waals surface area contributed by atoms with E-state index in [9.17, 15) is 28.8 Å². The van der Waals surface area contributed by atoms with Crippen LogP contribution in [0.25, 0.3) is 10.9 Å². The normalized spacial score (nSPS) is 15.6. The highest BCUT2D eigenvalue weighted by atomic mass is 16.4. The SMILES string of the molecule is CC(=O)N1CC(NC(=O)c2ccc3ccccc3n2)C(=O)N(CC(=O)N[C@H](C=O)CC(=O)O)c2ccccc21. The van der Waals surface area contributed by atoms with Crippen molar-refractivity contribution in [3.63, 3.8) is 0 Å². The van der Waals surface area contributed by atoms with Gasteiger partial charge in [0.05, 0.1) is 35.9 Å². The smallest absolute Gasteiger partial charge is 0.305 e. The van der Waals surface area contributed by atoms with Crippen LogP contribution in [0.4, 0.5) is 11.4 Å². The van der Waals surface area contributed by atoms with Crippen molar-refractivity contribution in [3.8, 4) is 0 Å². The molecule has 200 valence electrons. The molecular weight excluding hydrogens is 506 g/mol. The Kier molecular flexibility index (Phi) is 7.94. The van der Waals surface area contributed by atoms with Crippen LogP contribution in [0.3, 0.4) is 0 Å². The van der Waals surface area contributed by atoms with E-state index in [0.29, 0.717) is 17.5 Å². The van der Waals surface area contributed by atoms with Crippen molar-refractivity contribution >= 4 is 58.2 Å². The molecular formula is C27H25N5O7. The van der Waals surface area contributed by atoms with Gasteiger partial charge in [-0.1, -0.05) is 36.4 Å². The Balaban J connectivity index is 1.64. The quantitative estimate of drug-likeness (QED) is 0.361. The van der Waals surface area contributed by atoms with Gasteiger partial charge in [-0.15, -0.1) is 0 Å². The number of para-hydroxylation sites is 3. The van der Waals surface area contributed by atoms with Crippen molar-refractivity contribution in [2.75, 3.05) is 22.9 Å². The van der Waals surface area contributed by atoms with Crippen molar-refractivity contribution in [2.24, 2.45) is 0 Å². The lowest BCUT2D eigenvalue weighted by molar-refractivity contribution is -0.139. The third-order valence-electron chi connectivity index (χ3n) is 6.12. The van der Waals surface area contributed by atoms with Crippen molar-refractivity contribution in [1.82, 2.24) is 15.6 Å². The molecule has 4 amide bonds. The Bertz CT molecular complexity index is 1470. The molecule has 1 unspecified atom stereocenters. The number of benzene rings is 2. The topological polar surface area (TPSA) is 166 Å². The van der Waals surface area contributed by atoms with Crippen molar-refractivity contribution in [2.45, 2.75) is 25.4 Å². The summed E-state index contributed by atoms with van der Waals surface area (Å²) in [6, 6.07) is 14.3. The van der Waals surface area contributed by atoms with Crippen molar-refractivity contribution in [1.29, 1.82) is 0 Å². The van der Waals surface area contributed by atoms with Gasteiger partial charge in [-0.25, -0.2) is 4.98 Å². The monoisotopic (exact) mass is 531 g/mol. The average molecular weight is 532 g/mol. The molecule has 0 spiro atoms. The molecule has 0 bridgehead atoms. The molecule has 3 N–H and O–H groups in total. The minimum Gasteiger partial charge on any atom is -0.481 e. The van der Waals surface area contributed by atoms with Crippen molar-refractivity contribution in [3.05, 3.63) is 66.4 Å².